The van der Waals surface area contributed by atoms with Gasteiger partial charge in [0.05, 0.1) is 9.26 Å². The summed E-state index contributed by atoms with van der Waals surface area (Å²) in [6.45, 7) is 0. The number of aromatic nitrogens is 2. The van der Waals surface area contributed by atoms with Crippen molar-refractivity contribution in [3.63, 3.8) is 0 Å². The summed E-state index contributed by atoms with van der Waals surface area (Å²) in [7, 11) is 1.83. The fraction of sp³-hybridized carbons (Fsp3) is 0.500. The Bertz CT molecular complexity index is 357. The third-order valence-electron chi connectivity index (χ3n) is 2.08. The Hall–Kier alpha value is -0.570. The summed E-state index contributed by atoms with van der Waals surface area (Å²) in [5, 5.41) is 13.1. The van der Waals surface area contributed by atoms with Gasteiger partial charge in [0.2, 0.25) is 0 Å². The number of nitriles is 1. The van der Waals surface area contributed by atoms with Crippen molar-refractivity contribution in [3.05, 3.63) is 15.0 Å². The Morgan fingerprint density at radius 3 is 2.75 bits per heavy atom. The molecule has 0 spiro atoms. The first-order valence-electron chi connectivity index (χ1n) is 3.86. The SMILES string of the molecule is Cn1nc(C2CC2)c(I)c1C#N. The lowest BCUT2D eigenvalue weighted by atomic mass is 10.3. The number of rotatable bonds is 1. The van der Waals surface area contributed by atoms with Crippen LogP contribution >= 0.6 is 22.6 Å². The fourth-order valence-corrected chi connectivity index (χ4v) is 2.28. The molecule has 1 saturated carbocycles. The molecule has 1 aliphatic carbocycles. The normalized spacial score (nSPS) is 16.1. The van der Waals surface area contributed by atoms with Crippen molar-refractivity contribution < 1.29 is 0 Å². The van der Waals surface area contributed by atoms with Crippen LogP contribution in [0.5, 0.6) is 0 Å². The van der Waals surface area contributed by atoms with Crippen LogP contribution in [-0.2, 0) is 7.05 Å². The summed E-state index contributed by atoms with van der Waals surface area (Å²) in [6, 6.07) is 2.16. The highest BCUT2D eigenvalue weighted by atomic mass is 127. The lowest BCUT2D eigenvalue weighted by molar-refractivity contribution is 0.734. The van der Waals surface area contributed by atoms with E-state index >= 15 is 0 Å². The minimum Gasteiger partial charge on any atom is -0.257 e. The highest BCUT2D eigenvalue weighted by molar-refractivity contribution is 14.1. The number of aryl methyl sites for hydroxylation is 1. The molecule has 0 aliphatic heterocycles. The van der Waals surface area contributed by atoms with E-state index in [4.69, 9.17) is 5.26 Å². The first kappa shape index (κ1) is 8.05. The van der Waals surface area contributed by atoms with E-state index in [1.807, 2.05) is 7.05 Å². The Labute approximate surface area is 84.5 Å². The smallest absolute Gasteiger partial charge is 0.151 e. The van der Waals surface area contributed by atoms with Crippen molar-refractivity contribution in [2.45, 2.75) is 18.8 Å². The van der Waals surface area contributed by atoms with Gasteiger partial charge in [0.25, 0.3) is 0 Å². The Kier molecular flexibility index (Phi) is 1.83. The lowest BCUT2D eigenvalue weighted by Gasteiger charge is -1.87. The summed E-state index contributed by atoms with van der Waals surface area (Å²) in [5.41, 5.74) is 1.81. The van der Waals surface area contributed by atoms with Crippen LogP contribution in [0.2, 0.25) is 0 Å². The average Bonchev–Trinajstić information content (AvgIpc) is 2.80. The van der Waals surface area contributed by atoms with Gasteiger partial charge in [0.15, 0.2) is 5.69 Å². The standard InChI is InChI=1S/C8H8IN3/c1-12-6(4-10)7(9)8(11-12)5-2-3-5/h5H,2-3H2,1H3. The van der Waals surface area contributed by atoms with Crippen LogP contribution in [-0.4, -0.2) is 9.78 Å². The molecule has 1 aromatic heterocycles. The first-order chi connectivity index (χ1) is 5.74. The van der Waals surface area contributed by atoms with Crippen molar-refractivity contribution in [2.75, 3.05) is 0 Å². The van der Waals surface area contributed by atoms with E-state index in [9.17, 15) is 0 Å². The highest BCUT2D eigenvalue weighted by Crippen LogP contribution is 2.41. The predicted octanol–water partition coefficient (Wildman–Crippen LogP) is 1.77. The van der Waals surface area contributed by atoms with E-state index in [0.29, 0.717) is 11.6 Å². The van der Waals surface area contributed by atoms with E-state index in [1.54, 1.807) is 4.68 Å². The van der Waals surface area contributed by atoms with Gasteiger partial charge >= 0.3 is 0 Å². The van der Waals surface area contributed by atoms with Crippen LogP contribution in [0.1, 0.15) is 30.1 Å². The average molecular weight is 273 g/mol. The molecular formula is C8H8IN3. The van der Waals surface area contributed by atoms with Crippen molar-refractivity contribution >= 4 is 22.6 Å². The molecule has 0 radical (unpaired) electrons. The zero-order chi connectivity index (χ0) is 8.72. The minimum atomic E-state index is 0.630. The van der Waals surface area contributed by atoms with Gasteiger partial charge in [-0.3, -0.25) is 4.68 Å². The summed E-state index contributed by atoms with van der Waals surface area (Å²) in [4.78, 5) is 0. The molecule has 0 atom stereocenters. The molecule has 62 valence electrons. The van der Waals surface area contributed by atoms with Gasteiger partial charge in [0, 0.05) is 13.0 Å². The molecule has 2 rings (SSSR count). The monoisotopic (exact) mass is 273 g/mol. The van der Waals surface area contributed by atoms with Crippen molar-refractivity contribution in [2.24, 2.45) is 7.05 Å². The molecule has 1 aromatic rings. The molecule has 0 unspecified atom stereocenters. The second-order valence-corrected chi connectivity index (χ2v) is 4.14. The molecule has 1 fully saturated rings. The Morgan fingerprint density at radius 2 is 2.33 bits per heavy atom. The molecule has 1 aliphatic rings. The topological polar surface area (TPSA) is 41.6 Å². The highest BCUT2D eigenvalue weighted by Gasteiger charge is 2.30. The second-order valence-electron chi connectivity index (χ2n) is 3.06. The second kappa shape index (κ2) is 2.73. The predicted molar refractivity (Wildman–Crippen MR) is 52.6 cm³/mol. The van der Waals surface area contributed by atoms with Crippen LogP contribution in [0.15, 0.2) is 0 Å². The number of hydrogen-bond acceptors (Lipinski definition) is 2. The fourth-order valence-electron chi connectivity index (χ4n) is 1.26. The van der Waals surface area contributed by atoms with Crippen molar-refractivity contribution in [3.8, 4) is 6.07 Å². The molecule has 1 heterocycles. The van der Waals surface area contributed by atoms with E-state index in [1.165, 1.54) is 12.8 Å². The maximum atomic E-state index is 8.80. The maximum absolute atomic E-state index is 8.80. The summed E-state index contributed by atoms with van der Waals surface area (Å²) in [6.07, 6.45) is 2.47. The van der Waals surface area contributed by atoms with Crippen LogP contribution in [0.25, 0.3) is 0 Å². The molecular weight excluding hydrogens is 265 g/mol. The molecule has 3 nitrogen and oxygen atoms in total. The van der Waals surface area contributed by atoms with Crippen molar-refractivity contribution in [1.29, 1.82) is 5.26 Å². The minimum absolute atomic E-state index is 0.630. The van der Waals surface area contributed by atoms with Gasteiger partial charge in [-0.25, -0.2) is 0 Å². The van der Waals surface area contributed by atoms with Crippen LogP contribution < -0.4 is 0 Å². The molecule has 0 amide bonds. The number of nitrogens with zero attached hydrogens (tertiary/aromatic N) is 3. The van der Waals surface area contributed by atoms with E-state index in [0.717, 1.165) is 9.26 Å². The van der Waals surface area contributed by atoms with Crippen LogP contribution in [0.4, 0.5) is 0 Å². The van der Waals surface area contributed by atoms with E-state index < -0.39 is 0 Å². The summed E-state index contributed by atoms with van der Waals surface area (Å²) in [5.74, 6) is 0.630. The third kappa shape index (κ3) is 1.12. The number of hydrogen-bond donors (Lipinski definition) is 0. The van der Waals surface area contributed by atoms with E-state index in [2.05, 4.69) is 33.8 Å². The quantitative estimate of drug-likeness (QED) is 0.732. The van der Waals surface area contributed by atoms with Gasteiger partial charge in [-0.05, 0) is 35.4 Å². The zero-order valence-corrected chi connectivity index (χ0v) is 8.87. The van der Waals surface area contributed by atoms with E-state index in [-0.39, 0.29) is 0 Å². The molecule has 0 saturated heterocycles. The molecule has 4 heteroatoms. The third-order valence-corrected chi connectivity index (χ3v) is 3.15. The lowest BCUT2D eigenvalue weighted by Crippen LogP contribution is -1.93. The zero-order valence-electron chi connectivity index (χ0n) is 6.71. The van der Waals surface area contributed by atoms with Gasteiger partial charge in [-0.2, -0.15) is 10.4 Å². The van der Waals surface area contributed by atoms with Crippen LogP contribution in [0.3, 0.4) is 0 Å². The number of halogens is 1. The molecule has 0 N–H and O–H groups in total. The summed E-state index contributed by atoms with van der Waals surface area (Å²) >= 11 is 2.21. The molecule has 0 bridgehead atoms. The molecule has 12 heavy (non-hydrogen) atoms. The summed E-state index contributed by atoms with van der Waals surface area (Å²) < 4.78 is 2.72. The maximum Gasteiger partial charge on any atom is 0.151 e. The Balaban J connectivity index is 2.51. The van der Waals surface area contributed by atoms with Gasteiger partial charge < -0.3 is 0 Å². The van der Waals surface area contributed by atoms with Gasteiger partial charge in [-0.1, -0.05) is 0 Å². The van der Waals surface area contributed by atoms with Crippen molar-refractivity contribution in [1.82, 2.24) is 9.78 Å². The Morgan fingerprint density at radius 1 is 1.67 bits per heavy atom. The van der Waals surface area contributed by atoms with Gasteiger partial charge in [-0.15, -0.1) is 0 Å². The van der Waals surface area contributed by atoms with Crippen LogP contribution in [0, 0.1) is 14.9 Å². The first-order valence-corrected chi connectivity index (χ1v) is 4.94. The van der Waals surface area contributed by atoms with Gasteiger partial charge in [0.1, 0.15) is 6.07 Å². The largest absolute Gasteiger partial charge is 0.257 e. The molecule has 0 aromatic carbocycles.